The van der Waals surface area contributed by atoms with Crippen molar-refractivity contribution in [2.24, 2.45) is 5.73 Å². The number of aromatic nitrogens is 2. The molecule has 0 radical (unpaired) electrons. The van der Waals surface area contributed by atoms with Crippen molar-refractivity contribution in [2.45, 2.75) is 0 Å². The van der Waals surface area contributed by atoms with Crippen molar-refractivity contribution < 1.29 is 9.53 Å². The maximum Gasteiger partial charge on any atom is 0.404 e. The Hall–Kier alpha value is -1.57. The van der Waals surface area contributed by atoms with Gasteiger partial charge in [0.05, 0.1) is 6.54 Å². The molecule has 1 aromatic heterocycles. The van der Waals surface area contributed by atoms with Gasteiger partial charge in [0.1, 0.15) is 6.61 Å². The molecule has 1 amide bonds. The Morgan fingerprint density at radius 2 is 2.46 bits per heavy atom. The molecule has 7 nitrogen and oxygen atoms in total. The molecule has 1 heterocycles. The lowest BCUT2D eigenvalue weighted by Crippen LogP contribution is -2.18. The van der Waals surface area contributed by atoms with Gasteiger partial charge in [0.2, 0.25) is 11.1 Å². The minimum absolute atomic E-state index is 0.189. The molecular formula is C5H9N5O2S. The lowest BCUT2D eigenvalue weighted by molar-refractivity contribution is 0.161. The van der Waals surface area contributed by atoms with E-state index in [9.17, 15) is 4.79 Å². The summed E-state index contributed by atoms with van der Waals surface area (Å²) in [5.74, 6) is 0.225. The lowest BCUT2D eigenvalue weighted by atomic mass is 10.7. The van der Waals surface area contributed by atoms with Gasteiger partial charge in [-0.3, -0.25) is 0 Å². The molecule has 1 aromatic rings. The molecule has 0 aromatic carbocycles. The Balaban J connectivity index is 2.16. The van der Waals surface area contributed by atoms with Crippen molar-refractivity contribution >= 4 is 28.7 Å². The molecule has 0 unspecified atom stereocenters. The van der Waals surface area contributed by atoms with Crippen LogP contribution in [0.15, 0.2) is 0 Å². The first-order valence-electron chi connectivity index (χ1n) is 3.44. The fourth-order valence-corrected chi connectivity index (χ4v) is 1.14. The number of amides is 1. The first-order valence-corrected chi connectivity index (χ1v) is 4.21. The van der Waals surface area contributed by atoms with Crippen LogP contribution in [0, 0.1) is 0 Å². The van der Waals surface area contributed by atoms with Crippen molar-refractivity contribution in [1.29, 1.82) is 0 Å². The normalized spacial score (nSPS) is 9.54. The van der Waals surface area contributed by atoms with E-state index in [1.54, 1.807) is 0 Å². The number of nitrogens with one attached hydrogen (secondary N) is 1. The summed E-state index contributed by atoms with van der Waals surface area (Å²) in [6, 6.07) is 0. The molecule has 0 spiro atoms. The van der Waals surface area contributed by atoms with Crippen LogP contribution in [0.3, 0.4) is 0 Å². The Bertz CT molecular complexity index is 288. The number of nitrogens with two attached hydrogens (primary N) is 2. The van der Waals surface area contributed by atoms with Crippen molar-refractivity contribution in [3.8, 4) is 0 Å². The van der Waals surface area contributed by atoms with Gasteiger partial charge in [0.15, 0.2) is 0 Å². The first kappa shape index (κ1) is 9.52. The average Bonchev–Trinajstić information content (AvgIpc) is 2.45. The summed E-state index contributed by atoms with van der Waals surface area (Å²) in [6.45, 7) is 0.617. The summed E-state index contributed by atoms with van der Waals surface area (Å²) in [7, 11) is 0. The Morgan fingerprint density at radius 1 is 1.69 bits per heavy atom. The number of carbonyl (C=O) groups is 1. The van der Waals surface area contributed by atoms with E-state index in [0.717, 1.165) is 11.5 Å². The van der Waals surface area contributed by atoms with Crippen molar-refractivity contribution in [3.05, 3.63) is 0 Å². The summed E-state index contributed by atoms with van der Waals surface area (Å²) in [4.78, 5) is 14.0. The zero-order chi connectivity index (χ0) is 9.68. The Kier molecular flexibility index (Phi) is 3.26. The second-order valence-corrected chi connectivity index (χ2v) is 2.80. The fraction of sp³-hybridized carbons (Fsp3) is 0.400. The second kappa shape index (κ2) is 4.45. The predicted octanol–water partition coefficient (Wildman–Crippen LogP) is -0.372. The standard InChI is InChI=1S/C5H9N5O2S/c6-3-9-5(13-10-3)8-1-2-12-4(7)11/h1-2H2,(H2,7,11)(H3,6,8,9,10). The van der Waals surface area contributed by atoms with E-state index in [0.29, 0.717) is 11.7 Å². The molecule has 0 saturated heterocycles. The van der Waals surface area contributed by atoms with Gasteiger partial charge in [-0.05, 0) is 0 Å². The second-order valence-electron chi connectivity index (χ2n) is 2.05. The maximum atomic E-state index is 10.1. The minimum atomic E-state index is -0.793. The van der Waals surface area contributed by atoms with E-state index in [2.05, 4.69) is 19.4 Å². The van der Waals surface area contributed by atoms with Gasteiger partial charge < -0.3 is 21.5 Å². The summed E-state index contributed by atoms with van der Waals surface area (Å²) in [6.07, 6.45) is -0.793. The molecule has 0 aliphatic rings. The van der Waals surface area contributed by atoms with Crippen LogP contribution in [0.2, 0.25) is 0 Å². The van der Waals surface area contributed by atoms with Crippen LogP contribution in [0.5, 0.6) is 0 Å². The molecule has 0 fully saturated rings. The quantitative estimate of drug-likeness (QED) is 0.575. The molecule has 13 heavy (non-hydrogen) atoms. The first-order chi connectivity index (χ1) is 6.18. The zero-order valence-corrected chi connectivity index (χ0v) is 7.50. The highest BCUT2D eigenvalue weighted by Crippen LogP contribution is 2.10. The molecule has 72 valence electrons. The van der Waals surface area contributed by atoms with Crippen molar-refractivity contribution in [1.82, 2.24) is 9.36 Å². The van der Waals surface area contributed by atoms with Crippen LogP contribution in [0.1, 0.15) is 0 Å². The minimum Gasteiger partial charge on any atom is -0.448 e. The van der Waals surface area contributed by atoms with Crippen LogP contribution >= 0.6 is 11.5 Å². The summed E-state index contributed by atoms with van der Waals surface area (Å²) in [5.41, 5.74) is 10.0. The number of ether oxygens (including phenoxy) is 1. The number of nitrogens with zero attached hydrogens (tertiary/aromatic N) is 2. The number of hydrogen-bond acceptors (Lipinski definition) is 7. The van der Waals surface area contributed by atoms with E-state index in [4.69, 9.17) is 11.5 Å². The highest BCUT2D eigenvalue weighted by molar-refractivity contribution is 7.09. The number of rotatable bonds is 4. The van der Waals surface area contributed by atoms with Gasteiger partial charge in [-0.15, -0.1) is 0 Å². The van der Waals surface area contributed by atoms with E-state index < -0.39 is 6.09 Å². The molecule has 0 aliphatic heterocycles. The van der Waals surface area contributed by atoms with Gasteiger partial charge in [-0.25, -0.2) is 4.79 Å². The van der Waals surface area contributed by atoms with E-state index >= 15 is 0 Å². The topological polar surface area (TPSA) is 116 Å². The van der Waals surface area contributed by atoms with Crippen LogP contribution < -0.4 is 16.8 Å². The molecule has 8 heteroatoms. The van der Waals surface area contributed by atoms with Crippen molar-refractivity contribution in [3.63, 3.8) is 0 Å². The number of primary amides is 1. The summed E-state index contributed by atoms with van der Waals surface area (Å²) < 4.78 is 8.22. The van der Waals surface area contributed by atoms with E-state index in [-0.39, 0.29) is 12.6 Å². The van der Waals surface area contributed by atoms with Gasteiger partial charge in [-0.1, -0.05) is 0 Å². The number of nitrogen functional groups attached to an aromatic ring is 1. The number of hydrogen-bond donors (Lipinski definition) is 3. The fourth-order valence-electron chi connectivity index (χ4n) is 0.616. The van der Waals surface area contributed by atoms with E-state index in [1.807, 2.05) is 0 Å². The number of carbonyl (C=O) groups excluding carboxylic acids is 1. The molecule has 0 saturated carbocycles. The van der Waals surface area contributed by atoms with Crippen molar-refractivity contribution in [2.75, 3.05) is 24.2 Å². The molecular weight excluding hydrogens is 194 g/mol. The van der Waals surface area contributed by atoms with Gasteiger partial charge in [0.25, 0.3) is 0 Å². The molecule has 0 atom stereocenters. The number of anilines is 2. The van der Waals surface area contributed by atoms with Gasteiger partial charge in [0, 0.05) is 11.5 Å². The Labute approximate surface area is 78.3 Å². The third-order valence-corrected chi connectivity index (χ3v) is 1.75. The molecule has 0 aliphatic carbocycles. The lowest BCUT2D eigenvalue weighted by Gasteiger charge is -2.01. The highest BCUT2D eigenvalue weighted by Gasteiger charge is 1.99. The van der Waals surface area contributed by atoms with Crippen LogP contribution in [0.25, 0.3) is 0 Å². The molecule has 0 bridgehead atoms. The summed E-state index contributed by atoms with van der Waals surface area (Å²) >= 11 is 1.14. The molecule has 5 N–H and O–H groups in total. The summed E-state index contributed by atoms with van der Waals surface area (Å²) in [5, 5.41) is 3.44. The average molecular weight is 203 g/mol. The largest absolute Gasteiger partial charge is 0.448 e. The van der Waals surface area contributed by atoms with Gasteiger partial charge >= 0.3 is 6.09 Å². The smallest absolute Gasteiger partial charge is 0.404 e. The SMILES string of the molecule is NC(=O)OCCNc1nc(N)ns1. The van der Waals surface area contributed by atoms with Crippen LogP contribution in [-0.2, 0) is 4.74 Å². The molecule has 1 rings (SSSR count). The van der Waals surface area contributed by atoms with Crippen LogP contribution in [0.4, 0.5) is 15.9 Å². The van der Waals surface area contributed by atoms with Crippen LogP contribution in [-0.4, -0.2) is 28.6 Å². The highest BCUT2D eigenvalue weighted by atomic mass is 32.1. The third kappa shape index (κ3) is 3.56. The van der Waals surface area contributed by atoms with E-state index in [1.165, 1.54) is 0 Å². The van der Waals surface area contributed by atoms with Gasteiger partial charge in [-0.2, -0.15) is 9.36 Å². The third-order valence-electron chi connectivity index (χ3n) is 1.06. The predicted molar refractivity (Wildman–Crippen MR) is 48.3 cm³/mol. The Morgan fingerprint density at radius 3 is 3.00 bits per heavy atom. The zero-order valence-electron chi connectivity index (χ0n) is 6.69. The maximum absolute atomic E-state index is 10.1. The monoisotopic (exact) mass is 203 g/mol.